The molecule has 0 aromatic heterocycles. The van der Waals surface area contributed by atoms with E-state index in [9.17, 15) is 4.79 Å². The molecule has 1 aliphatic heterocycles. The number of nitrogens with zero attached hydrogens (tertiary/aromatic N) is 5. The summed E-state index contributed by atoms with van der Waals surface area (Å²) in [5.41, 5.74) is 5.90. The van der Waals surface area contributed by atoms with Gasteiger partial charge >= 0.3 is 0 Å². The number of unbranched alkanes of at least 4 members (excludes halogenated alkanes) is 3. The number of fused-ring (bicyclic) bond motifs is 1. The van der Waals surface area contributed by atoms with Gasteiger partial charge in [-0.25, -0.2) is 0 Å². The van der Waals surface area contributed by atoms with Gasteiger partial charge in [-0.1, -0.05) is 33.3 Å². The number of nitrogens with one attached hydrogen (secondary N) is 1. The molecule has 2 N–H and O–H groups in total. The van der Waals surface area contributed by atoms with Crippen LogP contribution in [0.25, 0.3) is 0 Å². The van der Waals surface area contributed by atoms with Gasteiger partial charge in [0, 0.05) is 54.7 Å². The summed E-state index contributed by atoms with van der Waals surface area (Å²) >= 11 is 0. The van der Waals surface area contributed by atoms with Crippen LogP contribution in [0.2, 0.25) is 0 Å². The molecule has 3 aromatic rings. The average Bonchev–Trinajstić information content (AvgIpc) is 3.19. The zero-order valence-corrected chi connectivity index (χ0v) is 25.6. The van der Waals surface area contributed by atoms with Crippen LogP contribution in [0.5, 0.6) is 11.5 Å². The summed E-state index contributed by atoms with van der Waals surface area (Å²) in [5.74, 6) is 0.793. The number of allylic oxidation sites excluding steroid dienone is 1. The Morgan fingerprint density at radius 3 is 2.05 bits per heavy atom. The third-order valence-corrected chi connectivity index (χ3v) is 7.67. The van der Waals surface area contributed by atoms with Gasteiger partial charge in [-0.3, -0.25) is 4.79 Å². The van der Waals surface area contributed by atoms with Crippen molar-refractivity contribution in [2.75, 3.05) is 39.3 Å². The predicted octanol–water partition coefficient (Wildman–Crippen LogP) is 8.06. The van der Waals surface area contributed by atoms with Crippen molar-refractivity contribution >= 4 is 34.3 Å². The quantitative estimate of drug-likeness (QED) is 0.155. The Bertz CT molecular complexity index is 1510. The Morgan fingerprint density at radius 1 is 0.860 bits per heavy atom. The van der Waals surface area contributed by atoms with Crippen LogP contribution in [0.4, 0.5) is 28.4 Å². The molecule has 0 unspecified atom stereocenters. The number of ether oxygens (including phenoxy) is 2. The topological polar surface area (TPSA) is 120 Å². The molecule has 0 atom stereocenters. The second-order valence-electron chi connectivity index (χ2n) is 10.9. The number of benzene rings is 3. The molecule has 1 amide bonds. The molecule has 10 nitrogen and oxygen atoms in total. The molecule has 1 heterocycles. The first kappa shape index (κ1) is 31.4. The van der Waals surface area contributed by atoms with Crippen LogP contribution < -0.4 is 19.7 Å². The Hall–Kier alpha value is -4.57. The van der Waals surface area contributed by atoms with Gasteiger partial charge < -0.3 is 24.8 Å². The largest absolute Gasteiger partial charge is 0.494 e. The number of carbonyl (C=O) groups is 1. The molecule has 226 valence electrons. The molecule has 0 bridgehead atoms. The number of aliphatic hydroxyl groups excluding tert-OH is 1. The van der Waals surface area contributed by atoms with Crippen LogP contribution >= 0.6 is 0 Å². The predicted molar refractivity (Wildman–Crippen MR) is 169 cm³/mol. The van der Waals surface area contributed by atoms with Gasteiger partial charge in [0.15, 0.2) is 0 Å². The fourth-order valence-corrected chi connectivity index (χ4v) is 4.92. The summed E-state index contributed by atoms with van der Waals surface area (Å²) in [4.78, 5) is 14.5. The first-order valence-corrected chi connectivity index (χ1v) is 14.4. The molecule has 0 saturated carbocycles. The van der Waals surface area contributed by atoms with E-state index < -0.39 is 0 Å². The van der Waals surface area contributed by atoms with Crippen LogP contribution in [-0.4, -0.2) is 45.4 Å². The Kier molecular flexibility index (Phi) is 10.3. The molecule has 0 spiro atoms. The lowest BCUT2D eigenvalue weighted by atomic mass is 9.84. The van der Waals surface area contributed by atoms with Crippen LogP contribution in [-0.2, 0) is 5.41 Å². The number of hydrogen-bond acceptors (Lipinski definition) is 9. The fraction of sp³-hybridized carbons (Fsp3) is 0.364. The first-order valence-electron chi connectivity index (χ1n) is 14.4. The number of rotatable bonds is 13. The summed E-state index contributed by atoms with van der Waals surface area (Å²) in [6, 6.07) is 16.3. The smallest absolute Gasteiger partial charge is 0.251 e. The van der Waals surface area contributed by atoms with Gasteiger partial charge in [-0.2, -0.15) is 10.2 Å². The zero-order chi connectivity index (χ0) is 31.0. The number of hydrogen-bond donors (Lipinski definition) is 2. The number of anilines is 1. The third-order valence-electron chi connectivity index (χ3n) is 7.67. The van der Waals surface area contributed by atoms with Crippen molar-refractivity contribution < 1.29 is 19.4 Å². The van der Waals surface area contributed by atoms with E-state index in [1.807, 2.05) is 25.2 Å². The molecule has 1 aliphatic rings. The van der Waals surface area contributed by atoms with E-state index in [1.165, 1.54) is 0 Å². The van der Waals surface area contributed by atoms with Crippen molar-refractivity contribution in [3.8, 4) is 11.5 Å². The second-order valence-corrected chi connectivity index (χ2v) is 10.9. The normalized spacial score (nSPS) is 14.0. The summed E-state index contributed by atoms with van der Waals surface area (Å²) in [7, 11) is 5.13. The number of likely N-dealkylation sites (N-methyl/N-ethyl adjacent to an activating group) is 1. The summed E-state index contributed by atoms with van der Waals surface area (Å²) in [6.07, 6.45) is 3.60. The van der Waals surface area contributed by atoms with Crippen LogP contribution in [0.3, 0.4) is 0 Å². The number of azo groups is 2. The second kappa shape index (κ2) is 14.1. The number of aliphatic hydroxyl groups is 1. The lowest BCUT2D eigenvalue weighted by Crippen LogP contribution is -2.24. The Balaban J connectivity index is 1.45. The van der Waals surface area contributed by atoms with E-state index in [4.69, 9.17) is 14.6 Å². The molecule has 0 radical (unpaired) electrons. The molecule has 4 rings (SSSR count). The molecule has 0 aliphatic carbocycles. The van der Waals surface area contributed by atoms with Crippen molar-refractivity contribution in [2.24, 2.45) is 20.5 Å². The summed E-state index contributed by atoms with van der Waals surface area (Å²) in [5, 5.41) is 29.4. The maximum atomic E-state index is 12.4. The van der Waals surface area contributed by atoms with E-state index in [0.29, 0.717) is 40.7 Å². The average molecular weight is 585 g/mol. The van der Waals surface area contributed by atoms with Gasteiger partial charge in [-0.05, 0) is 60.9 Å². The minimum Gasteiger partial charge on any atom is -0.494 e. The zero-order valence-electron chi connectivity index (χ0n) is 25.6. The molecule has 0 saturated heterocycles. The minimum absolute atomic E-state index is 0.136. The molecular formula is C33H40N6O4. The monoisotopic (exact) mass is 584 g/mol. The van der Waals surface area contributed by atoms with Crippen molar-refractivity contribution in [3.63, 3.8) is 0 Å². The third kappa shape index (κ3) is 7.26. The van der Waals surface area contributed by atoms with Crippen LogP contribution in [0, 0.1) is 0 Å². The molecular weight excluding hydrogens is 544 g/mol. The van der Waals surface area contributed by atoms with Gasteiger partial charge in [-0.15, -0.1) is 10.2 Å². The van der Waals surface area contributed by atoms with Gasteiger partial charge in [0.25, 0.3) is 5.91 Å². The van der Waals surface area contributed by atoms with Crippen LogP contribution in [0.1, 0.15) is 55.5 Å². The van der Waals surface area contributed by atoms with Gasteiger partial charge in [0.1, 0.15) is 22.9 Å². The highest BCUT2D eigenvalue weighted by Crippen LogP contribution is 2.47. The highest BCUT2D eigenvalue weighted by molar-refractivity contribution is 5.94. The molecule has 10 heteroatoms. The lowest BCUT2D eigenvalue weighted by molar-refractivity contribution is 0.0953. The van der Waals surface area contributed by atoms with Crippen molar-refractivity contribution in [1.29, 1.82) is 0 Å². The van der Waals surface area contributed by atoms with Gasteiger partial charge in [0.2, 0.25) is 0 Å². The van der Waals surface area contributed by atoms with E-state index in [0.717, 1.165) is 48.3 Å². The number of amides is 1. The highest BCUT2D eigenvalue weighted by Gasteiger charge is 2.37. The van der Waals surface area contributed by atoms with Crippen LogP contribution in [0.15, 0.2) is 87.3 Å². The van der Waals surface area contributed by atoms with E-state index in [-0.39, 0.29) is 17.9 Å². The molecule has 3 aromatic carbocycles. The Morgan fingerprint density at radius 2 is 1.44 bits per heavy atom. The summed E-state index contributed by atoms with van der Waals surface area (Å²) in [6.45, 7) is 9.35. The fourth-order valence-electron chi connectivity index (χ4n) is 4.92. The molecule has 43 heavy (non-hydrogen) atoms. The van der Waals surface area contributed by atoms with E-state index >= 15 is 0 Å². The standard InChI is InChI=1S/C33H40N6O4/c1-22-33(2,3)26-19-25(15-16-29(26)39(22)4)36-38-28-21-30(42-5)27(20-31(28)43-6)37-35-24-13-11-23(12-14-24)32(41)34-17-9-7-8-10-18-40/h11-16,19-21,40H,1,7-10,17-18H2,2-6H3,(H,34,41). The van der Waals surface area contributed by atoms with Gasteiger partial charge in [0.05, 0.1) is 25.6 Å². The highest BCUT2D eigenvalue weighted by atomic mass is 16.5. The van der Waals surface area contributed by atoms with E-state index in [1.54, 1.807) is 50.6 Å². The maximum Gasteiger partial charge on any atom is 0.251 e. The maximum absolute atomic E-state index is 12.4. The number of carbonyl (C=O) groups excluding carboxylic acids is 1. The Labute approximate surface area is 253 Å². The number of methoxy groups -OCH3 is 2. The SMILES string of the molecule is C=C1N(C)c2ccc(N=Nc3cc(OC)c(N=Nc4ccc(C(=O)NCCCCCCO)cc4)cc3OC)cc2C1(C)C. The lowest BCUT2D eigenvalue weighted by Gasteiger charge is -2.22. The molecule has 0 fully saturated rings. The minimum atomic E-state index is -0.197. The van der Waals surface area contributed by atoms with E-state index in [2.05, 4.69) is 51.1 Å². The first-order chi connectivity index (χ1) is 20.7. The van der Waals surface area contributed by atoms with Crippen molar-refractivity contribution in [2.45, 2.75) is 44.9 Å². The van der Waals surface area contributed by atoms with Crippen molar-refractivity contribution in [3.05, 3.63) is 78.0 Å². The van der Waals surface area contributed by atoms with Crippen molar-refractivity contribution in [1.82, 2.24) is 5.32 Å². The summed E-state index contributed by atoms with van der Waals surface area (Å²) < 4.78 is 11.1.